The Labute approximate surface area is 172 Å². The summed E-state index contributed by atoms with van der Waals surface area (Å²) in [4.78, 5) is 30.3. The molecule has 0 fully saturated rings. The van der Waals surface area contributed by atoms with Gasteiger partial charge in [-0.1, -0.05) is 60.2 Å². The highest BCUT2D eigenvalue weighted by Gasteiger charge is 2.18. The molecule has 0 unspecified atom stereocenters. The summed E-state index contributed by atoms with van der Waals surface area (Å²) in [5, 5.41) is 4.21. The van der Waals surface area contributed by atoms with E-state index in [0.29, 0.717) is 17.1 Å². The lowest BCUT2D eigenvalue weighted by atomic mass is 10.2. The predicted octanol–water partition coefficient (Wildman–Crippen LogP) is 2.24. The van der Waals surface area contributed by atoms with Crippen LogP contribution in [0.15, 0.2) is 69.3 Å². The molecule has 0 amide bonds. The topological polar surface area (TPSA) is 86.2 Å². The second-order valence-electron chi connectivity index (χ2n) is 7.17. The molecule has 2 heterocycles. The zero-order valence-corrected chi connectivity index (χ0v) is 17.0. The summed E-state index contributed by atoms with van der Waals surface area (Å²) >= 11 is 0. The van der Waals surface area contributed by atoms with Crippen molar-refractivity contribution in [3.63, 3.8) is 0 Å². The fraction of sp³-hybridized carbons (Fsp3) is 0.182. The van der Waals surface area contributed by atoms with Crippen molar-refractivity contribution in [3.05, 3.63) is 92.1 Å². The van der Waals surface area contributed by atoms with Crippen LogP contribution in [0.2, 0.25) is 0 Å². The number of nitrogens with zero attached hydrogens (tertiary/aromatic N) is 5. The maximum atomic E-state index is 13.1. The molecule has 0 bridgehead atoms. The fourth-order valence-electron chi connectivity index (χ4n) is 3.27. The average Bonchev–Trinajstić information content (AvgIpc) is 3.08. The summed E-state index contributed by atoms with van der Waals surface area (Å²) in [5.41, 5.74) is 5.69. The molecule has 0 atom stereocenters. The lowest BCUT2D eigenvalue weighted by Crippen LogP contribution is -2.39. The molecule has 2 aromatic heterocycles. The molecule has 2 aromatic carbocycles. The Kier molecular flexibility index (Phi) is 5.05. The highest BCUT2D eigenvalue weighted by Crippen LogP contribution is 2.13. The molecule has 4 rings (SSSR count). The molecule has 0 spiro atoms. The Balaban J connectivity index is 1.72. The van der Waals surface area contributed by atoms with E-state index in [9.17, 15) is 9.59 Å². The number of hydrogen-bond donors (Lipinski definition) is 1. The molecular formula is C22H22N6O2. The zero-order chi connectivity index (χ0) is 21.3. The number of imidazole rings is 1. The molecule has 0 aliphatic rings. The van der Waals surface area contributed by atoms with Gasteiger partial charge < -0.3 is 4.57 Å². The van der Waals surface area contributed by atoms with E-state index in [1.165, 1.54) is 14.7 Å². The second-order valence-corrected chi connectivity index (χ2v) is 7.17. The van der Waals surface area contributed by atoms with Gasteiger partial charge in [0.2, 0.25) is 5.95 Å². The van der Waals surface area contributed by atoms with Crippen molar-refractivity contribution in [2.45, 2.75) is 13.5 Å². The van der Waals surface area contributed by atoms with Crippen molar-refractivity contribution in [3.8, 4) is 0 Å². The second kappa shape index (κ2) is 7.82. The van der Waals surface area contributed by atoms with Crippen molar-refractivity contribution in [1.29, 1.82) is 0 Å². The first-order valence-electron chi connectivity index (χ1n) is 9.51. The summed E-state index contributed by atoms with van der Waals surface area (Å²) in [6.07, 6.45) is 1.67. The largest absolute Gasteiger partial charge is 0.332 e. The molecule has 1 N–H and O–H groups in total. The Morgan fingerprint density at radius 3 is 2.40 bits per heavy atom. The Morgan fingerprint density at radius 2 is 1.70 bits per heavy atom. The Hall–Kier alpha value is -3.94. The number of anilines is 1. The van der Waals surface area contributed by atoms with E-state index in [-0.39, 0.29) is 12.1 Å². The molecule has 0 aliphatic heterocycles. The van der Waals surface area contributed by atoms with Gasteiger partial charge in [0.05, 0.1) is 12.8 Å². The third-order valence-electron chi connectivity index (χ3n) is 5.00. The third-order valence-corrected chi connectivity index (χ3v) is 5.00. The van der Waals surface area contributed by atoms with Crippen molar-refractivity contribution < 1.29 is 0 Å². The van der Waals surface area contributed by atoms with Crippen LogP contribution in [0.5, 0.6) is 0 Å². The maximum absolute atomic E-state index is 13.1. The standard InChI is InChI=1S/C22H22N6O2/c1-15-9-11-16(12-10-15)13-23-25-21-24-19-18(26(21)2)20(29)28(22(30)27(19)3)14-17-7-5-4-6-8-17/h4-13H,14H2,1-3H3,(H,24,25)/b23-13-. The van der Waals surface area contributed by atoms with Crippen LogP contribution in [0.25, 0.3) is 11.2 Å². The molecule has 0 radical (unpaired) electrons. The maximum Gasteiger partial charge on any atom is 0.332 e. The highest BCUT2D eigenvalue weighted by atomic mass is 16.2. The van der Waals surface area contributed by atoms with Crippen molar-refractivity contribution in [1.82, 2.24) is 18.7 Å². The van der Waals surface area contributed by atoms with Crippen molar-refractivity contribution in [2.75, 3.05) is 5.43 Å². The Morgan fingerprint density at radius 1 is 1.00 bits per heavy atom. The highest BCUT2D eigenvalue weighted by molar-refractivity contribution is 5.80. The van der Waals surface area contributed by atoms with E-state index < -0.39 is 5.69 Å². The predicted molar refractivity (Wildman–Crippen MR) is 118 cm³/mol. The SMILES string of the molecule is Cc1ccc(/C=N\Nc2nc3c(c(=O)n(Cc4ccccc4)c(=O)n3C)n2C)cc1. The summed E-state index contributed by atoms with van der Waals surface area (Å²) in [6.45, 7) is 2.22. The number of aryl methyl sites for hydroxylation is 3. The minimum absolute atomic E-state index is 0.196. The van der Waals surface area contributed by atoms with Crippen LogP contribution in [-0.4, -0.2) is 24.9 Å². The number of hydrogen-bond acceptors (Lipinski definition) is 5. The van der Waals surface area contributed by atoms with Gasteiger partial charge in [0.1, 0.15) is 0 Å². The molecule has 152 valence electrons. The Bertz CT molecular complexity index is 1350. The summed E-state index contributed by atoms with van der Waals surface area (Å²) in [5.74, 6) is 0.373. The molecule has 0 aliphatic carbocycles. The van der Waals surface area contributed by atoms with E-state index in [0.717, 1.165) is 11.1 Å². The normalized spacial score (nSPS) is 11.4. The molecule has 30 heavy (non-hydrogen) atoms. The third kappa shape index (κ3) is 3.55. The molecule has 4 aromatic rings. The monoisotopic (exact) mass is 402 g/mol. The molecule has 8 nitrogen and oxygen atoms in total. The number of nitrogens with one attached hydrogen (secondary N) is 1. The van der Waals surface area contributed by atoms with E-state index in [1.807, 2.05) is 61.5 Å². The van der Waals surface area contributed by atoms with Gasteiger partial charge in [0.25, 0.3) is 5.56 Å². The lowest BCUT2D eigenvalue weighted by Gasteiger charge is -2.08. The van der Waals surface area contributed by atoms with Gasteiger partial charge in [-0.3, -0.25) is 13.9 Å². The van der Waals surface area contributed by atoms with Crippen LogP contribution in [0.4, 0.5) is 5.95 Å². The first-order chi connectivity index (χ1) is 14.5. The average molecular weight is 402 g/mol. The van der Waals surface area contributed by atoms with Crippen molar-refractivity contribution in [2.24, 2.45) is 19.2 Å². The minimum atomic E-state index is -0.413. The van der Waals surface area contributed by atoms with Gasteiger partial charge in [0, 0.05) is 14.1 Å². The van der Waals surface area contributed by atoms with Gasteiger partial charge in [-0.2, -0.15) is 10.1 Å². The minimum Gasteiger partial charge on any atom is -0.306 e. The van der Waals surface area contributed by atoms with Crippen LogP contribution in [0.1, 0.15) is 16.7 Å². The molecular weight excluding hydrogens is 380 g/mol. The number of fused-ring (bicyclic) bond motifs is 1. The van der Waals surface area contributed by atoms with E-state index in [2.05, 4.69) is 15.5 Å². The van der Waals surface area contributed by atoms with Crippen molar-refractivity contribution >= 4 is 23.3 Å². The summed E-state index contributed by atoms with van der Waals surface area (Å²) in [7, 11) is 3.33. The lowest BCUT2D eigenvalue weighted by molar-refractivity contribution is 0.655. The quantitative estimate of drug-likeness (QED) is 0.410. The number of hydrazone groups is 1. The van der Waals surface area contributed by atoms with Crippen LogP contribution in [0, 0.1) is 6.92 Å². The van der Waals surface area contributed by atoms with E-state index in [1.54, 1.807) is 24.9 Å². The smallest absolute Gasteiger partial charge is 0.306 e. The summed E-state index contributed by atoms with van der Waals surface area (Å²) < 4.78 is 4.22. The number of benzene rings is 2. The van der Waals surface area contributed by atoms with E-state index in [4.69, 9.17) is 0 Å². The van der Waals surface area contributed by atoms with Gasteiger partial charge >= 0.3 is 5.69 Å². The summed E-state index contributed by atoms with van der Waals surface area (Å²) in [6, 6.07) is 17.3. The first-order valence-corrected chi connectivity index (χ1v) is 9.51. The van der Waals surface area contributed by atoms with Crippen LogP contribution in [-0.2, 0) is 20.6 Å². The molecule has 0 saturated carbocycles. The first kappa shape index (κ1) is 19.4. The number of aromatic nitrogens is 4. The van der Waals surface area contributed by atoms with Gasteiger partial charge in [-0.05, 0) is 18.1 Å². The fourth-order valence-corrected chi connectivity index (χ4v) is 3.27. The van der Waals surface area contributed by atoms with Crippen LogP contribution < -0.4 is 16.7 Å². The zero-order valence-electron chi connectivity index (χ0n) is 17.0. The van der Waals surface area contributed by atoms with Gasteiger partial charge in [0.15, 0.2) is 11.2 Å². The van der Waals surface area contributed by atoms with Gasteiger partial charge in [-0.15, -0.1) is 0 Å². The van der Waals surface area contributed by atoms with Crippen LogP contribution >= 0.6 is 0 Å². The number of rotatable bonds is 5. The molecule has 8 heteroatoms. The van der Waals surface area contributed by atoms with Gasteiger partial charge in [-0.25, -0.2) is 10.2 Å². The van der Waals surface area contributed by atoms with Crippen LogP contribution in [0.3, 0.4) is 0 Å². The van der Waals surface area contributed by atoms with E-state index >= 15 is 0 Å². The molecule has 0 saturated heterocycles.